The number of anilines is 1. The second kappa shape index (κ2) is 8.04. The fraction of sp³-hybridized carbons (Fsp3) is 0.316. The molecular weight excluding hydrogens is 334 g/mol. The minimum atomic E-state index is -0.125. The van der Waals surface area contributed by atoms with Gasteiger partial charge in [-0.15, -0.1) is 0 Å². The zero-order valence-corrected chi connectivity index (χ0v) is 14.9. The molecule has 1 aliphatic carbocycles. The van der Waals surface area contributed by atoms with Gasteiger partial charge in [-0.25, -0.2) is 4.98 Å². The lowest BCUT2D eigenvalue weighted by Gasteiger charge is -2.08. The molecule has 5 nitrogen and oxygen atoms in total. The summed E-state index contributed by atoms with van der Waals surface area (Å²) >= 11 is 1.31. The van der Waals surface area contributed by atoms with Crippen molar-refractivity contribution in [1.29, 1.82) is 5.26 Å². The van der Waals surface area contributed by atoms with Crippen molar-refractivity contribution in [3.8, 4) is 11.8 Å². The van der Waals surface area contributed by atoms with E-state index in [0.29, 0.717) is 17.2 Å². The van der Waals surface area contributed by atoms with Crippen molar-refractivity contribution in [3.63, 3.8) is 0 Å². The van der Waals surface area contributed by atoms with Crippen molar-refractivity contribution in [2.75, 3.05) is 17.7 Å². The Morgan fingerprint density at radius 3 is 2.88 bits per heavy atom. The Bertz CT molecular complexity index is 813. The summed E-state index contributed by atoms with van der Waals surface area (Å²) in [5.74, 6) is 0.865. The van der Waals surface area contributed by atoms with Crippen LogP contribution in [0.15, 0.2) is 35.4 Å². The number of amides is 1. The van der Waals surface area contributed by atoms with Crippen LogP contribution in [-0.4, -0.2) is 23.3 Å². The quantitative estimate of drug-likeness (QED) is 0.804. The number of carbonyl (C=O) groups is 1. The Morgan fingerprint density at radius 1 is 1.36 bits per heavy atom. The summed E-state index contributed by atoms with van der Waals surface area (Å²) in [6.45, 7) is 2.53. The third-order valence-corrected chi connectivity index (χ3v) is 4.92. The molecule has 1 amide bonds. The molecule has 1 aliphatic rings. The molecule has 0 saturated carbocycles. The summed E-state index contributed by atoms with van der Waals surface area (Å²) in [4.78, 5) is 16.7. The van der Waals surface area contributed by atoms with Gasteiger partial charge in [0.1, 0.15) is 16.8 Å². The maximum Gasteiger partial charge on any atom is 0.234 e. The fourth-order valence-electron chi connectivity index (χ4n) is 2.78. The summed E-state index contributed by atoms with van der Waals surface area (Å²) in [7, 11) is 0. The highest BCUT2D eigenvalue weighted by molar-refractivity contribution is 8.00. The minimum absolute atomic E-state index is 0.125. The van der Waals surface area contributed by atoms with Crippen molar-refractivity contribution < 1.29 is 9.53 Å². The second-order valence-electron chi connectivity index (χ2n) is 5.71. The first-order valence-electron chi connectivity index (χ1n) is 8.28. The first-order chi connectivity index (χ1) is 12.2. The standard InChI is InChI=1S/C19H19N3O2S/c1-2-24-16-8-6-15(7-9-16)21-18(23)12-25-19-14(11-20)10-13-4-3-5-17(13)22-19/h6-10H,2-5,12H2,1H3,(H,21,23). The monoisotopic (exact) mass is 353 g/mol. The molecule has 1 heterocycles. The SMILES string of the molecule is CCOc1ccc(NC(=O)CSc2nc3c(cc2C#N)CCC3)cc1. The number of hydrogen-bond acceptors (Lipinski definition) is 5. The lowest BCUT2D eigenvalue weighted by atomic mass is 10.2. The zero-order chi connectivity index (χ0) is 17.6. The number of aromatic nitrogens is 1. The van der Waals surface area contributed by atoms with Gasteiger partial charge in [-0.2, -0.15) is 5.26 Å². The molecule has 0 atom stereocenters. The summed E-state index contributed by atoms with van der Waals surface area (Å²) in [6.07, 6.45) is 3.02. The number of thioether (sulfide) groups is 1. The molecule has 128 valence electrons. The van der Waals surface area contributed by atoms with E-state index >= 15 is 0 Å². The van der Waals surface area contributed by atoms with Gasteiger partial charge in [0.15, 0.2) is 0 Å². The van der Waals surface area contributed by atoms with E-state index in [9.17, 15) is 10.1 Å². The molecule has 3 rings (SSSR count). The highest BCUT2D eigenvalue weighted by atomic mass is 32.2. The molecule has 0 bridgehead atoms. The second-order valence-corrected chi connectivity index (χ2v) is 6.67. The van der Waals surface area contributed by atoms with Crippen LogP contribution in [0.25, 0.3) is 0 Å². The number of ether oxygens (including phenoxy) is 1. The highest BCUT2D eigenvalue weighted by Gasteiger charge is 2.17. The Kier molecular flexibility index (Phi) is 5.56. The topological polar surface area (TPSA) is 75.0 Å². The van der Waals surface area contributed by atoms with E-state index in [-0.39, 0.29) is 11.7 Å². The molecule has 1 aromatic heterocycles. The van der Waals surface area contributed by atoms with Crippen LogP contribution in [0.1, 0.15) is 30.2 Å². The molecule has 0 unspecified atom stereocenters. The van der Waals surface area contributed by atoms with Crippen molar-refractivity contribution >= 4 is 23.4 Å². The number of hydrogen-bond donors (Lipinski definition) is 1. The number of rotatable bonds is 6. The summed E-state index contributed by atoms with van der Waals surface area (Å²) in [5.41, 5.74) is 3.50. The van der Waals surface area contributed by atoms with Crippen LogP contribution in [0.4, 0.5) is 5.69 Å². The fourth-order valence-corrected chi connectivity index (χ4v) is 3.55. The van der Waals surface area contributed by atoms with Gasteiger partial charge in [0.2, 0.25) is 5.91 Å². The van der Waals surface area contributed by atoms with E-state index in [1.54, 1.807) is 0 Å². The first-order valence-corrected chi connectivity index (χ1v) is 9.26. The zero-order valence-electron chi connectivity index (χ0n) is 14.0. The molecule has 0 radical (unpaired) electrons. The van der Waals surface area contributed by atoms with Gasteiger partial charge >= 0.3 is 0 Å². The number of nitrogens with zero attached hydrogens (tertiary/aromatic N) is 2. The molecule has 2 aromatic rings. The highest BCUT2D eigenvalue weighted by Crippen LogP contribution is 2.28. The van der Waals surface area contributed by atoms with E-state index in [4.69, 9.17) is 4.74 Å². The normalized spacial score (nSPS) is 12.3. The number of pyridine rings is 1. The molecule has 6 heteroatoms. The molecule has 0 aliphatic heterocycles. The van der Waals surface area contributed by atoms with Crippen molar-refractivity contribution in [1.82, 2.24) is 4.98 Å². The number of nitrogens with one attached hydrogen (secondary N) is 1. The number of aryl methyl sites for hydroxylation is 2. The number of nitriles is 1. The third-order valence-electron chi connectivity index (χ3n) is 3.93. The molecule has 25 heavy (non-hydrogen) atoms. The lowest BCUT2D eigenvalue weighted by Crippen LogP contribution is -2.14. The van der Waals surface area contributed by atoms with Gasteiger partial charge in [0, 0.05) is 11.4 Å². The van der Waals surface area contributed by atoms with Crippen molar-refractivity contribution in [3.05, 3.63) is 47.2 Å². The molecule has 1 N–H and O–H groups in total. The van der Waals surface area contributed by atoms with Crippen LogP contribution < -0.4 is 10.1 Å². The van der Waals surface area contributed by atoms with E-state index in [2.05, 4.69) is 16.4 Å². The van der Waals surface area contributed by atoms with E-state index in [0.717, 1.165) is 36.4 Å². The minimum Gasteiger partial charge on any atom is -0.494 e. The van der Waals surface area contributed by atoms with Crippen LogP contribution in [0.5, 0.6) is 5.75 Å². The Labute approximate surface area is 151 Å². The Morgan fingerprint density at radius 2 is 2.16 bits per heavy atom. The predicted molar refractivity (Wildman–Crippen MR) is 97.9 cm³/mol. The number of benzene rings is 1. The molecule has 0 saturated heterocycles. The number of carbonyl (C=O) groups excluding carboxylic acids is 1. The van der Waals surface area contributed by atoms with Crippen LogP contribution in [0.2, 0.25) is 0 Å². The molecule has 0 fully saturated rings. The van der Waals surface area contributed by atoms with Gasteiger partial charge in [-0.05, 0) is 62.1 Å². The average Bonchev–Trinajstić information content (AvgIpc) is 3.08. The Hall–Kier alpha value is -2.52. The van der Waals surface area contributed by atoms with Gasteiger partial charge in [-0.3, -0.25) is 4.79 Å². The molecule has 1 aromatic carbocycles. The van der Waals surface area contributed by atoms with Crippen LogP contribution in [-0.2, 0) is 17.6 Å². The average molecular weight is 353 g/mol. The van der Waals surface area contributed by atoms with Crippen LogP contribution in [0.3, 0.4) is 0 Å². The molecular formula is C19H19N3O2S. The van der Waals surface area contributed by atoms with E-state index in [1.807, 2.05) is 37.3 Å². The van der Waals surface area contributed by atoms with Gasteiger partial charge in [0.25, 0.3) is 0 Å². The largest absolute Gasteiger partial charge is 0.494 e. The predicted octanol–water partition coefficient (Wildman–Crippen LogP) is 3.57. The summed E-state index contributed by atoms with van der Waals surface area (Å²) < 4.78 is 5.38. The Balaban J connectivity index is 1.60. The van der Waals surface area contributed by atoms with Gasteiger partial charge in [0.05, 0.1) is 17.9 Å². The number of fused-ring (bicyclic) bond motifs is 1. The smallest absolute Gasteiger partial charge is 0.234 e. The van der Waals surface area contributed by atoms with Crippen LogP contribution >= 0.6 is 11.8 Å². The van der Waals surface area contributed by atoms with E-state index in [1.165, 1.54) is 17.3 Å². The van der Waals surface area contributed by atoms with Crippen LogP contribution in [0, 0.1) is 11.3 Å². The maximum atomic E-state index is 12.2. The van der Waals surface area contributed by atoms with E-state index < -0.39 is 0 Å². The summed E-state index contributed by atoms with van der Waals surface area (Å²) in [5, 5.41) is 12.8. The summed E-state index contributed by atoms with van der Waals surface area (Å²) in [6, 6.07) is 11.4. The first kappa shape index (κ1) is 17.3. The van der Waals surface area contributed by atoms with Crippen molar-refractivity contribution in [2.45, 2.75) is 31.2 Å². The molecule has 0 spiro atoms. The van der Waals surface area contributed by atoms with Gasteiger partial charge < -0.3 is 10.1 Å². The lowest BCUT2D eigenvalue weighted by molar-refractivity contribution is -0.113. The maximum absolute atomic E-state index is 12.2. The third kappa shape index (κ3) is 4.31. The van der Waals surface area contributed by atoms with Gasteiger partial charge in [-0.1, -0.05) is 11.8 Å². The van der Waals surface area contributed by atoms with Crippen molar-refractivity contribution in [2.24, 2.45) is 0 Å².